The highest BCUT2D eigenvalue weighted by Gasteiger charge is 2.42. The summed E-state index contributed by atoms with van der Waals surface area (Å²) < 4.78 is 11.7. The summed E-state index contributed by atoms with van der Waals surface area (Å²) in [6, 6.07) is 0.568. The highest BCUT2D eigenvalue weighted by molar-refractivity contribution is 4.89. The van der Waals surface area contributed by atoms with Crippen LogP contribution in [0.3, 0.4) is 0 Å². The number of rotatable bonds is 6. The molecule has 0 saturated carbocycles. The highest BCUT2D eigenvalue weighted by atomic mass is 16.7. The number of hydrogen-bond donors (Lipinski definition) is 1. The van der Waals surface area contributed by atoms with Gasteiger partial charge in [0.15, 0.2) is 5.79 Å². The van der Waals surface area contributed by atoms with Crippen molar-refractivity contribution in [2.24, 2.45) is 5.92 Å². The van der Waals surface area contributed by atoms with Gasteiger partial charge in [0.25, 0.3) is 0 Å². The van der Waals surface area contributed by atoms with Gasteiger partial charge in [0.1, 0.15) is 0 Å². The Bertz CT molecular complexity index is 239. The van der Waals surface area contributed by atoms with Crippen molar-refractivity contribution in [3.63, 3.8) is 0 Å². The summed E-state index contributed by atoms with van der Waals surface area (Å²) in [6.07, 6.45) is 8.80. The fourth-order valence-corrected chi connectivity index (χ4v) is 3.21. The van der Waals surface area contributed by atoms with Crippen molar-refractivity contribution in [2.75, 3.05) is 19.8 Å². The molecule has 2 atom stereocenters. The molecule has 18 heavy (non-hydrogen) atoms. The van der Waals surface area contributed by atoms with Crippen LogP contribution in [0.1, 0.15) is 58.8 Å². The van der Waals surface area contributed by atoms with E-state index < -0.39 is 0 Å². The zero-order valence-corrected chi connectivity index (χ0v) is 12.0. The predicted octanol–water partition coefficient (Wildman–Crippen LogP) is 3.09. The minimum Gasteiger partial charge on any atom is -0.347 e. The minimum absolute atomic E-state index is 0.242. The van der Waals surface area contributed by atoms with E-state index in [1.165, 1.54) is 32.1 Å². The third-order valence-electron chi connectivity index (χ3n) is 4.46. The van der Waals surface area contributed by atoms with Crippen molar-refractivity contribution in [3.05, 3.63) is 0 Å². The monoisotopic (exact) mass is 255 g/mol. The van der Waals surface area contributed by atoms with E-state index in [0.717, 1.165) is 38.5 Å². The molecule has 0 radical (unpaired) electrons. The summed E-state index contributed by atoms with van der Waals surface area (Å²) in [5.41, 5.74) is 0. The SMILES string of the molecule is CCCCCCC(C)C1CC2(CCN1)OCCO2. The van der Waals surface area contributed by atoms with Crippen molar-refractivity contribution >= 4 is 0 Å². The molecule has 0 aliphatic carbocycles. The second kappa shape index (κ2) is 6.88. The fraction of sp³-hybridized carbons (Fsp3) is 1.00. The molecule has 1 N–H and O–H groups in total. The Kier molecular flexibility index (Phi) is 5.46. The molecular formula is C15H29NO2. The molecule has 2 heterocycles. The zero-order valence-electron chi connectivity index (χ0n) is 12.0. The summed E-state index contributed by atoms with van der Waals surface area (Å²) in [7, 11) is 0. The molecule has 0 bridgehead atoms. The molecule has 0 aromatic rings. The Labute approximate surface area is 112 Å². The van der Waals surface area contributed by atoms with Crippen molar-refractivity contribution in [2.45, 2.75) is 70.6 Å². The molecule has 2 aliphatic rings. The van der Waals surface area contributed by atoms with E-state index in [0.29, 0.717) is 6.04 Å². The Hall–Kier alpha value is -0.120. The van der Waals surface area contributed by atoms with Crippen LogP contribution in [-0.2, 0) is 9.47 Å². The molecule has 2 unspecified atom stereocenters. The first kappa shape index (κ1) is 14.3. The number of ether oxygens (including phenoxy) is 2. The topological polar surface area (TPSA) is 30.5 Å². The van der Waals surface area contributed by atoms with Gasteiger partial charge in [0.2, 0.25) is 0 Å². The van der Waals surface area contributed by atoms with Gasteiger partial charge < -0.3 is 14.8 Å². The fourth-order valence-electron chi connectivity index (χ4n) is 3.21. The smallest absolute Gasteiger partial charge is 0.171 e. The zero-order chi connectivity index (χ0) is 12.8. The average Bonchev–Trinajstić information content (AvgIpc) is 2.82. The van der Waals surface area contributed by atoms with Crippen LogP contribution in [0, 0.1) is 5.92 Å². The summed E-state index contributed by atoms with van der Waals surface area (Å²) in [5, 5.41) is 3.65. The van der Waals surface area contributed by atoms with Crippen molar-refractivity contribution in [1.29, 1.82) is 0 Å². The number of unbranched alkanes of at least 4 members (excludes halogenated alkanes) is 3. The molecular weight excluding hydrogens is 226 g/mol. The van der Waals surface area contributed by atoms with Gasteiger partial charge in [-0.15, -0.1) is 0 Å². The van der Waals surface area contributed by atoms with Crippen LogP contribution in [0.5, 0.6) is 0 Å². The lowest BCUT2D eigenvalue weighted by Crippen LogP contribution is -2.51. The maximum absolute atomic E-state index is 5.84. The average molecular weight is 255 g/mol. The van der Waals surface area contributed by atoms with E-state index in [4.69, 9.17) is 9.47 Å². The quantitative estimate of drug-likeness (QED) is 0.740. The third-order valence-corrected chi connectivity index (χ3v) is 4.46. The van der Waals surface area contributed by atoms with Crippen LogP contribution >= 0.6 is 0 Å². The predicted molar refractivity (Wildman–Crippen MR) is 73.6 cm³/mol. The van der Waals surface area contributed by atoms with Gasteiger partial charge in [-0.05, 0) is 12.3 Å². The summed E-state index contributed by atoms with van der Waals surface area (Å²) >= 11 is 0. The first-order chi connectivity index (χ1) is 8.76. The van der Waals surface area contributed by atoms with Crippen molar-refractivity contribution in [3.8, 4) is 0 Å². The second-order valence-electron chi connectivity index (χ2n) is 5.95. The molecule has 0 amide bonds. The van der Waals surface area contributed by atoms with Gasteiger partial charge in [0.05, 0.1) is 13.2 Å². The number of hydrogen-bond acceptors (Lipinski definition) is 3. The lowest BCUT2D eigenvalue weighted by atomic mass is 9.86. The van der Waals surface area contributed by atoms with Gasteiger partial charge in [0, 0.05) is 25.4 Å². The maximum atomic E-state index is 5.84. The van der Waals surface area contributed by atoms with Crippen LogP contribution in [-0.4, -0.2) is 31.6 Å². The third kappa shape index (κ3) is 3.69. The number of piperidine rings is 1. The maximum Gasteiger partial charge on any atom is 0.171 e. The summed E-state index contributed by atoms with van der Waals surface area (Å²) in [6.45, 7) is 7.22. The molecule has 2 saturated heterocycles. The number of nitrogens with one attached hydrogen (secondary N) is 1. The first-order valence-electron chi connectivity index (χ1n) is 7.77. The lowest BCUT2D eigenvalue weighted by molar-refractivity contribution is -0.182. The Morgan fingerprint density at radius 1 is 1.22 bits per heavy atom. The molecule has 0 aromatic heterocycles. The lowest BCUT2D eigenvalue weighted by Gasteiger charge is -2.39. The Balaban J connectivity index is 1.74. The van der Waals surface area contributed by atoms with Gasteiger partial charge in [-0.2, -0.15) is 0 Å². The molecule has 2 fully saturated rings. The van der Waals surface area contributed by atoms with Gasteiger partial charge >= 0.3 is 0 Å². The van der Waals surface area contributed by atoms with E-state index in [1.54, 1.807) is 0 Å². The first-order valence-corrected chi connectivity index (χ1v) is 7.77. The highest BCUT2D eigenvalue weighted by Crippen LogP contribution is 2.34. The van der Waals surface area contributed by atoms with Crippen LogP contribution in [0.15, 0.2) is 0 Å². The Morgan fingerprint density at radius 3 is 2.72 bits per heavy atom. The van der Waals surface area contributed by atoms with Gasteiger partial charge in [-0.1, -0.05) is 39.5 Å². The molecule has 0 aromatic carbocycles. The summed E-state index contributed by atoms with van der Waals surface area (Å²) in [4.78, 5) is 0. The van der Waals surface area contributed by atoms with Gasteiger partial charge in [-0.25, -0.2) is 0 Å². The van der Waals surface area contributed by atoms with E-state index in [2.05, 4.69) is 19.2 Å². The molecule has 1 spiro atoms. The molecule has 2 rings (SSSR count). The molecule has 2 aliphatic heterocycles. The normalized spacial score (nSPS) is 28.7. The second-order valence-corrected chi connectivity index (χ2v) is 5.95. The van der Waals surface area contributed by atoms with E-state index in [9.17, 15) is 0 Å². The van der Waals surface area contributed by atoms with E-state index in [-0.39, 0.29) is 5.79 Å². The van der Waals surface area contributed by atoms with Crippen LogP contribution in [0.2, 0.25) is 0 Å². The van der Waals surface area contributed by atoms with Crippen molar-refractivity contribution < 1.29 is 9.47 Å². The van der Waals surface area contributed by atoms with Gasteiger partial charge in [-0.3, -0.25) is 0 Å². The molecule has 3 nitrogen and oxygen atoms in total. The summed E-state index contributed by atoms with van der Waals surface area (Å²) in [5.74, 6) is 0.486. The Morgan fingerprint density at radius 2 is 2.00 bits per heavy atom. The standard InChI is InChI=1S/C15H29NO2/c1-3-4-5-6-7-13(2)14-12-15(8-9-16-14)17-10-11-18-15/h13-14,16H,3-12H2,1-2H3. The van der Waals surface area contributed by atoms with E-state index >= 15 is 0 Å². The van der Waals surface area contributed by atoms with E-state index in [1.807, 2.05) is 0 Å². The van der Waals surface area contributed by atoms with Crippen LogP contribution in [0.4, 0.5) is 0 Å². The van der Waals surface area contributed by atoms with Crippen LogP contribution in [0.25, 0.3) is 0 Å². The minimum atomic E-state index is -0.242. The molecule has 106 valence electrons. The van der Waals surface area contributed by atoms with Crippen LogP contribution < -0.4 is 5.32 Å². The van der Waals surface area contributed by atoms with Crippen molar-refractivity contribution in [1.82, 2.24) is 5.32 Å². The largest absolute Gasteiger partial charge is 0.347 e. The molecule has 3 heteroatoms.